The molecule has 1 aliphatic heterocycles. The van der Waals surface area contributed by atoms with E-state index in [1.807, 2.05) is 0 Å². The molecule has 2 heteroatoms. The first-order valence-corrected chi connectivity index (χ1v) is 6.41. The molecule has 72 valence electrons. The molecule has 1 heterocycles. The van der Waals surface area contributed by atoms with Crippen molar-refractivity contribution in [3.05, 3.63) is 0 Å². The van der Waals surface area contributed by atoms with Crippen molar-refractivity contribution in [3.8, 4) is 0 Å². The van der Waals surface area contributed by atoms with Crippen molar-refractivity contribution in [1.82, 2.24) is 0 Å². The van der Waals surface area contributed by atoms with Gasteiger partial charge in [-0.3, -0.25) is 0 Å². The van der Waals surface area contributed by atoms with Crippen molar-refractivity contribution in [1.29, 1.82) is 0 Å². The van der Waals surface area contributed by atoms with Crippen molar-refractivity contribution < 1.29 is 4.74 Å². The first kappa shape index (κ1) is 10.3. The molecule has 1 fully saturated rings. The van der Waals surface area contributed by atoms with E-state index in [1.165, 1.54) is 55.2 Å². The van der Waals surface area contributed by atoms with E-state index in [2.05, 4.69) is 6.92 Å². The van der Waals surface area contributed by atoms with Gasteiger partial charge in [0.15, 0.2) is 0 Å². The summed E-state index contributed by atoms with van der Waals surface area (Å²) < 4.78 is 5.87. The van der Waals surface area contributed by atoms with Crippen LogP contribution in [0, 0.1) is 0 Å². The summed E-state index contributed by atoms with van der Waals surface area (Å²) in [6.45, 7) is 3.29. The van der Waals surface area contributed by atoms with Gasteiger partial charge in [-0.05, 0) is 25.7 Å². The second-order valence-electron chi connectivity index (χ2n) is 4.21. The zero-order chi connectivity index (χ0) is 8.86. The Kier molecular flexibility index (Phi) is 4.30. The van der Waals surface area contributed by atoms with Gasteiger partial charge < -0.3 is 4.74 Å². The summed E-state index contributed by atoms with van der Waals surface area (Å²) in [5.74, 6) is 0. The van der Waals surface area contributed by atoms with Crippen molar-refractivity contribution in [2.24, 2.45) is 0 Å². The van der Waals surface area contributed by atoms with Gasteiger partial charge >= 0.3 is 0 Å². The van der Waals surface area contributed by atoms with Crippen LogP contribution in [-0.4, -0.2) is 22.1 Å². The third-order valence-electron chi connectivity index (χ3n) is 2.86. The van der Waals surface area contributed by atoms with Gasteiger partial charge in [0.1, 0.15) is 0 Å². The van der Waals surface area contributed by atoms with E-state index >= 15 is 0 Å². The fourth-order valence-corrected chi connectivity index (χ4v) is 2.85. The summed E-state index contributed by atoms with van der Waals surface area (Å²) in [6, 6.07) is 0. The first-order chi connectivity index (χ1) is 5.77. The molecule has 12 heavy (non-hydrogen) atoms. The van der Waals surface area contributed by atoms with Crippen LogP contribution in [0.1, 0.15) is 51.9 Å². The molecule has 0 aromatic rings. The van der Waals surface area contributed by atoms with Gasteiger partial charge in [0, 0.05) is 22.1 Å². The minimum Gasteiger partial charge on any atom is -0.380 e. The second kappa shape index (κ2) is 5.03. The van der Waals surface area contributed by atoms with Crippen LogP contribution in [-0.2, 0) is 4.74 Å². The smallest absolute Gasteiger partial charge is 0.0486 e. The van der Waals surface area contributed by atoms with E-state index < -0.39 is 0 Å². The largest absolute Gasteiger partial charge is 0.380 e. The topological polar surface area (TPSA) is 9.23 Å². The molecule has 1 rings (SSSR count). The Bertz CT molecular complexity index is 119. The van der Waals surface area contributed by atoms with Crippen LogP contribution in [0.25, 0.3) is 0 Å². The van der Waals surface area contributed by atoms with Gasteiger partial charge in [0.05, 0.1) is 0 Å². The standard InChI is InChI=1S/C10H22OSi/c1-2-3-4-7-10(12)8-5-6-9-11-10/h2-9H2,1,12H3. The average molecular weight is 186 g/mol. The third-order valence-corrected chi connectivity index (χ3v) is 4.15. The molecule has 0 aromatic carbocycles. The quantitative estimate of drug-likeness (QED) is 0.481. The number of hydrogen-bond donors (Lipinski definition) is 0. The van der Waals surface area contributed by atoms with Crippen LogP contribution in [0.5, 0.6) is 0 Å². The molecular weight excluding hydrogens is 164 g/mol. The Hall–Kier alpha value is 0.177. The summed E-state index contributed by atoms with van der Waals surface area (Å²) >= 11 is 0. The maximum Gasteiger partial charge on any atom is 0.0486 e. The normalized spacial score (nSPS) is 30.8. The van der Waals surface area contributed by atoms with E-state index in [0.29, 0.717) is 5.22 Å². The highest BCUT2D eigenvalue weighted by molar-refractivity contribution is 6.14. The third kappa shape index (κ3) is 3.28. The highest BCUT2D eigenvalue weighted by Crippen LogP contribution is 2.26. The molecule has 1 atom stereocenters. The molecule has 0 aliphatic carbocycles. The summed E-state index contributed by atoms with van der Waals surface area (Å²) in [5.41, 5.74) is 0. The lowest BCUT2D eigenvalue weighted by molar-refractivity contribution is -0.0239. The monoisotopic (exact) mass is 186 g/mol. The van der Waals surface area contributed by atoms with Crippen LogP contribution >= 0.6 is 0 Å². The summed E-state index contributed by atoms with van der Waals surface area (Å²) in [7, 11) is 1.22. The number of unbranched alkanes of at least 4 members (excludes halogenated alkanes) is 2. The molecule has 1 saturated heterocycles. The van der Waals surface area contributed by atoms with Crippen LogP contribution in [0.15, 0.2) is 0 Å². The van der Waals surface area contributed by atoms with E-state index in [0.717, 1.165) is 6.61 Å². The summed E-state index contributed by atoms with van der Waals surface area (Å²) in [6.07, 6.45) is 9.44. The Morgan fingerprint density at radius 3 is 2.75 bits per heavy atom. The Morgan fingerprint density at radius 2 is 2.17 bits per heavy atom. The molecule has 0 bridgehead atoms. The van der Waals surface area contributed by atoms with Gasteiger partial charge in [-0.1, -0.05) is 26.2 Å². The predicted molar refractivity (Wildman–Crippen MR) is 56.6 cm³/mol. The van der Waals surface area contributed by atoms with E-state index in [1.54, 1.807) is 0 Å². The summed E-state index contributed by atoms with van der Waals surface area (Å²) in [5, 5.41) is 0.368. The molecule has 0 aromatic heterocycles. The lowest BCUT2D eigenvalue weighted by Gasteiger charge is -2.34. The molecule has 0 spiro atoms. The van der Waals surface area contributed by atoms with Crippen molar-refractivity contribution in [2.45, 2.75) is 57.1 Å². The first-order valence-electron chi connectivity index (χ1n) is 5.41. The molecule has 0 N–H and O–H groups in total. The Labute approximate surface area is 79.3 Å². The van der Waals surface area contributed by atoms with Crippen molar-refractivity contribution >= 4 is 10.2 Å². The fourth-order valence-electron chi connectivity index (χ4n) is 1.94. The Morgan fingerprint density at radius 1 is 1.33 bits per heavy atom. The fraction of sp³-hybridized carbons (Fsp3) is 1.00. The molecule has 0 amide bonds. The molecule has 0 radical (unpaired) electrons. The highest BCUT2D eigenvalue weighted by Gasteiger charge is 2.26. The zero-order valence-electron chi connectivity index (χ0n) is 8.57. The predicted octanol–water partition coefficient (Wildman–Crippen LogP) is 1.83. The van der Waals surface area contributed by atoms with Gasteiger partial charge in [-0.15, -0.1) is 0 Å². The average Bonchev–Trinajstić information content (AvgIpc) is 2.06. The van der Waals surface area contributed by atoms with E-state index in [4.69, 9.17) is 4.74 Å². The summed E-state index contributed by atoms with van der Waals surface area (Å²) in [4.78, 5) is 0. The van der Waals surface area contributed by atoms with Gasteiger partial charge in [0.2, 0.25) is 0 Å². The molecule has 1 aliphatic rings. The second-order valence-corrected chi connectivity index (χ2v) is 6.04. The van der Waals surface area contributed by atoms with E-state index in [9.17, 15) is 0 Å². The number of ether oxygens (including phenoxy) is 1. The molecule has 1 unspecified atom stereocenters. The molecular formula is C10H22OSi. The minimum atomic E-state index is 0.368. The highest BCUT2D eigenvalue weighted by atomic mass is 28.1. The lowest BCUT2D eigenvalue weighted by Crippen LogP contribution is -2.36. The van der Waals surface area contributed by atoms with Crippen molar-refractivity contribution in [2.75, 3.05) is 6.61 Å². The number of rotatable bonds is 4. The van der Waals surface area contributed by atoms with Gasteiger partial charge in [0.25, 0.3) is 0 Å². The minimum absolute atomic E-state index is 0.368. The van der Waals surface area contributed by atoms with Crippen molar-refractivity contribution in [3.63, 3.8) is 0 Å². The van der Waals surface area contributed by atoms with Crippen LogP contribution in [0.3, 0.4) is 0 Å². The SMILES string of the molecule is CCCCCC1([SiH3])CCCCO1. The van der Waals surface area contributed by atoms with Crippen LogP contribution < -0.4 is 0 Å². The van der Waals surface area contributed by atoms with E-state index in [-0.39, 0.29) is 0 Å². The molecule has 1 nitrogen and oxygen atoms in total. The van der Waals surface area contributed by atoms with Gasteiger partial charge in [-0.25, -0.2) is 0 Å². The Balaban J connectivity index is 2.17. The maximum absolute atomic E-state index is 5.87. The lowest BCUT2D eigenvalue weighted by atomic mass is 10.0. The molecule has 0 saturated carbocycles. The van der Waals surface area contributed by atoms with Crippen LogP contribution in [0.2, 0.25) is 0 Å². The number of hydrogen-bond acceptors (Lipinski definition) is 1. The van der Waals surface area contributed by atoms with Gasteiger partial charge in [-0.2, -0.15) is 0 Å². The van der Waals surface area contributed by atoms with Crippen LogP contribution in [0.4, 0.5) is 0 Å². The zero-order valence-corrected chi connectivity index (χ0v) is 10.6. The maximum atomic E-state index is 5.87.